The van der Waals surface area contributed by atoms with E-state index in [4.69, 9.17) is 0 Å². The van der Waals surface area contributed by atoms with Crippen LogP contribution in [-0.4, -0.2) is 17.1 Å². The van der Waals surface area contributed by atoms with E-state index in [1.54, 1.807) is 18.0 Å². The van der Waals surface area contributed by atoms with E-state index in [0.29, 0.717) is 11.3 Å². The summed E-state index contributed by atoms with van der Waals surface area (Å²) < 4.78 is 0. The van der Waals surface area contributed by atoms with E-state index >= 15 is 0 Å². The molecule has 1 aromatic heterocycles. The zero-order chi connectivity index (χ0) is 13.7. The summed E-state index contributed by atoms with van der Waals surface area (Å²) in [5, 5.41) is 3.77. The van der Waals surface area contributed by atoms with Crippen LogP contribution in [0.3, 0.4) is 0 Å². The minimum absolute atomic E-state index is 0.110. The largest absolute Gasteiger partial charge is 0.321 e. The number of aryl methyl sites for hydroxylation is 1. The summed E-state index contributed by atoms with van der Waals surface area (Å²) in [6, 6.07) is 11.4. The molecule has 0 saturated carbocycles. The van der Waals surface area contributed by atoms with Crippen LogP contribution in [0, 0.1) is 0 Å². The molecule has 2 aromatic rings. The van der Waals surface area contributed by atoms with Gasteiger partial charge in [-0.3, -0.25) is 4.79 Å². The van der Waals surface area contributed by atoms with Crippen molar-refractivity contribution >= 4 is 23.4 Å². The molecule has 0 bridgehead atoms. The fourth-order valence-electron chi connectivity index (χ4n) is 1.67. The molecule has 98 valence electrons. The molecule has 0 radical (unpaired) electrons. The second-order valence-electron chi connectivity index (χ2n) is 4.09. The predicted molar refractivity (Wildman–Crippen MR) is 79.8 cm³/mol. The summed E-state index contributed by atoms with van der Waals surface area (Å²) in [6.45, 7) is 2.09. The number of hydrogen-bond donors (Lipinski definition) is 1. The van der Waals surface area contributed by atoms with Crippen molar-refractivity contribution < 1.29 is 4.79 Å². The maximum absolute atomic E-state index is 12.0. The number of benzene rings is 1. The highest BCUT2D eigenvalue weighted by molar-refractivity contribution is 7.98. The van der Waals surface area contributed by atoms with Gasteiger partial charge in [-0.2, -0.15) is 0 Å². The third-order valence-electron chi connectivity index (χ3n) is 2.83. The molecule has 0 fully saturated rings. The van der Waals surface area contributed by atoms with E-state index in [1.165, 1.54) is 5.56 Å². The van der Waals surface area contributed by atoms with Crippen LogP contribution in [0.15, 0.2) is 47.6 Å². The van der Waals surface area contributed by atoms with Gasteiger partial charge in [0.05, 0.1) is 16.9 Å². The first kappa shape index (κ1) is 13.6. The molecule has 2 rings (SSSR count). The van der Waals surface area contributed by atoms with Crippen molar-refractivity contribution in [1.82, 2.24) is 4.98 Å². The predicted octanol–water partition coefficient (Wildman–Crippen LogP) is 3.62. The quantitative estimate of drug-likeness (QED) is 0.864. The van der Waals surface area contributed by atoms with Crippen molar-refractivity contribution in [1.29, 1.82) is 0 Å². The number of carbonyl (C=O) groups excluding carboxylic acids is 1. The van der Waals surface area contributed by atoms with E-state index in [9.17, 15) is 4.79 Å². The van der Waals surface area contributed by atoms with Crippen molar-refractivity contribution in [3.05, 3.63) is 53.7 Å². The van der Waals surface area contributed by atoms with Crippen LogP contribution in [0.2, 0.25) is 0 Å². The number of nitrogens with one attached hydrogen (secondary N) is 1. The lowest BCUT2D eigenvalue weighted by Crippen LogP contribution is -2.11. The first-order valence-electron chi connectivity index (χ1n) is 6.13. The fourth-order valence-corrected chi connectivity index (χ4v) is 2.03. The molecule has 1 aromatic carbocycles. The van der Waals surface area contributed by atoms with Gasteiger partial charge in [0.1, 0.15) is 0 Å². The molecule has 1 amide bonds. The van der Waals surface area contributed by atoms with Gasteiger partial charge < -0.3 is 5.32 Å². The summed E-state index contributed by atoms with van der Waals surface area (Å²) in [4.78, 5) is 16.2. The molecule has 3 nitrogen and oxygen atoms in total. The van der Waals surface area contributed by atoms with Crippen molar-refractivity contribution in [3.63, 3.8) is 0 Å². The summed E-state index contributed by atoms with van der Waals surface area (Å²) in [5.74, 6) is -0.110. The number of amides is 1. The lowest BCUT2D eigenvalue weighted by atomic mass is 10.1. The Morgan fingerprint density at radius 1 is 1.21 bits per heavy atom. The van der Waals surface area contributed by atoms with Crippen LogP contribution in [0.4, 0.5) is 5.69 Å². The summed E-state index contributed by atoms with van der Waals surface area (Å²) in [6.07, 6.45) is 4.61. The Hall–Kier alpha value is -1.81. The molecule has 0 aliphatic carbocycles. The number of rotatable bonds is 4. The molecular formula is C15H16N2OS. The zero-order valence-corrected chi connectivity index (χ0v) is 11.8. The Morgan fingerprint density at radius 2 is 1.95 bits per heavy atom. The van der Waals surface area contributed by atoms with Crippen LogP contribution < -0.4 is 5.32 Å². The van der Waals surface area contributed by atoms with Gasteiger partial charge in [0, 0.05) is 5.56 Å². The highest BCUT2D eigenvalue weighted by Crippen LogP contribution is 2.15. The number of pyridine rings is 1. The van der Waals surface area contributed by atoms with E-state index in [2.05, 4.69) is 17.2 Å². The molecule has 0 atom stereocenters. The number of aromatic nitrogens is 1. The van der Waals surface area contributed by atoms with Gasteiger partial charge in [-0.15, -0.1) is 11.8 Å². The lowest BCUT2D eigenvalue weighted by Gasteiger charge is -2.06. The van der Waals surface area contributed by atoms with Gasteiger partial charge in [-0.05, 0) is 42.5 Å². The van der Waals surface area contributed by atoms with Gasteiger partial charge in [0.15, 0.2) is 0 Å². The minimum Gasteiger partial charge on any atom is -0.321 e. The van der Waals surface area contributed by atoms with Gasteiger partial charge in [0.2, 0.25) is 0 Å². The Bertz CT molecular complexity index is 549. The Labute approximate surface area is 117 Å². The molecule has 0 unspecified atom stereocenters. The van der Waals surface area contributed by atoms with Gasteiger partial charge in [-0.1, -0.05) is 19.1 Å². The normalized spacial score (nSPS) is 10.2. The van der Waals surface area contributed by atoms with Gasteiger partial charge >= 0.3 is 0 Å². The number of thioether (sulfide) groups is 1. The van der Waals surface area contributed by atoms with Crippen LogP contribution in [-0.2, 0) is 6.42 Å². The molecule has 0 spiro atoms. The van der Waals surface area contributed by atoms with Crippen molar-refractivity contribution in [2.45, 2.75) is 18.4 Å². The topological polar surface area (TPSA) is 42.0 Å². The first-order valence-corrected chi connectivity index (χ1v) is 7.35. The van der Waals surface area contributed by atoms with E-state index in [-0.39, 0.29) is 5.91 Å². The average molecular weight is 272 g/mol. The van der Waals surface area contributed by atoms with Crippen molar-refractivity contribution in [2.75, 3.05) is 11.6 Å². The summed E-state index contributed by atoms with van der Waals surface area (Å²) in [7, 11) is 0. The Balaban J connectivity index is 2.06. The second kappa shape index (κ2) is 6.38. The fraction of sp³-hybridized carbons (Fsp3) is 0.200. The molecule has 19 heavy (non-hydrogen) atoms. The van der Waals surface area contributed by atoms with Gasteiger partial charge in [0.25, 0.3) is 5.91 Å². The highest BCUT2D eigenvalue weighted by atomic mass is 32.2. The molecule has 1 N–H and O–H groups in total. The maximum atomic E-state index is 12.0. The molecule has 0 saturated heterocycles. The molecule has 0 aliphatic heterocycles. The third-order valence-corrected chi connectivity index (χ3v) is 3.49. The number of anilines is 1. The second-order valence-corrected chi connectivity index (χ2v) is 4.92. The van der Waals surface area contributed by atoms with Crippen LogP contribution in [0.1, 0.15) is 22.8 Å². The van der Waals surface area contributed by atoms with E-state index < -0.39 is 0 Å². The monoisotopic (exact) mass is 272 g/mol. The molecule has 4 heteroatoms. The summed E-state index contributed by atoms with van der Waals surface area (Å²) in [5.41, 5.74) is 2.59. The lowest BCUT2D eigenvalue weighted by molar-refractivity contribution is 0.102. The molecule has 1 heterocycles. The Morgan fingerprint density at radius 3 is 2.47 bits per heavy atom. The number of hydrogen-bond acceptors (Lipinski definition) is 3. The van der Waals surface area contributed by atoms with Crippen molar-refractivity contribution in [2.24, 2.45) is 0 Å². The summed E-state index contributed by atoms with van der Waals surface area (Å²) >= 11 is 1.57. The minimum atomic E-state index is -0.110. The van der Waals surface area contributed by atoms with Crippen molar-refractivity contribution in [3.8, 4) is 0 Å². The first-order chi connectivity index (χ1) is 9.22. The average Bonchev–Trinajstić information content (AvgIpc) is 2.48. The molecular weight excluding hydrogens is 256 g/mol. The van der Waals surface area contributed by atoms with Crippen LogP contribution >= 0.6 is 11.8 Å². The number of nitrogens with zero attached hydrogens (tertiary/aromatic N) is 1. The molecule has 0 aliphatic rings. The zero-order valence-electron chi connectivity index (χ0n) is 11.0. The van der Waals surface area contributed by atoms with Crippen LogP contribution in [0.25, 0.3) is 0 Å². The SMILES string of the molecule is CCc1ccc(C(=O)Nc2ccc(SC)nc2)cc1. The van der Waals surface area contributed by atoms with E-state index in [0.717, 1.165) is 11.4 Å². The number of carbonyl (C=O) groups is 1. The smallest absolute Gasteiger partial charge is 0.255 e. The van der Waals surface area contributed by atoms with E-state index in [1.807, 2.05) is 42.7 Å². The third kappa shape index (κ3) is 3.58. The highest BCUT2D eigenvalue weighted by Gasteiger charge is 2.06. The Kier molecular flexibility index (Phi) is 4.58. The van der Waals surface area contributed by atoms with Crippen LogP contribution in [0.5, 0.6) is 0 Å². The maximum Gasteiger partial charge on any atom is 0.255 e. The standard InChI is InChI=1S/C15H16N2OS/c1-3-11-4-6-12(7-5-11)15(18)17-13-8-9-14(19-2)16-10-13/h4-10H,3H2,1-2H3,(H,17,18). The van der Waals surface area contributed by atoms with Gasteiger partial charge in [-0.25, -0.2) is 4.98 Å².